The van der Waals surface area contributed by atoms with Gasteiger partial charge in [0, 0.05) is 11.6 Å². The van der Waals surface area contributed by atoms with Gasteiger partial charge in [-0.25, -0.2) is 9.18 Å². The quantitative estimate of drug-likeness (QED) is 0.171. The van der Waals surface area contributed by atoms with Gasteiger partial charge in [0.05, 0.1) is 12.5 Å². The molecule has 0 amide bonds. The Bertz CT molecular complexity index is 1710. The van der Waals surface area contributed by atoms with E-state index in [1.54, 1.807) is 48.5 Å². The summed E-state index contributed by atoms with van der Waals surface area (Å²) in [5, 5.41) is 9.99. The molecule has 1 aliphatic heterocycles. The molecule has 5 rings (SSSR count). The van der Waals surface area contributed by atoms with Gasteiger partial charge >= 0.3 is 5.97 Å². The predicted octanol–water partition coefficient (Wildman–Crippen LogP) is 6.31. The number of ether oxygens (including phenoxy) is 5. The molecule has 43 heavy (non-hydrogen) atoms. The summed E-state index contributed by atoms with van der Waals surface area (Å²) in [6.45, 7) is 4.06. The zero-order chi connectivity index (χ0) is 30.3. The average Bonchev–Trinajstić information content (AvgIpc) is 3.00. The van der Waals surface area contributed by atoms with Gasteiger partial charge in [0.1, 0.15) is 41.3 Å². The van der Waals surface area contributed by atoms with E-state index in [-0.39, 0.29) is 36.2 Å². The second-order valence-electron chi connectivity index (χ2n) is 9.71. The monoisotopic (exact) mass is 580 g/mol. The smallest absolute Gasteiger partial charge is 0.349 e. The summed E-state index contributed by atoms with van der Waals surface area (Å²) in [6, 6.07) is 25.9. The van der Waals surface area contributed by atoms with Crippen LogP contribution in [0.25, 0.3) is 0 Å². The number of carbonyl (C=O) groups excluding carboxylic acids is 1. The number of fused-ring (bicyclic) bond motifs is 1. The van der Waals surface area contributed by atoms with Crippen LogP contribution in [0.5, 0.6) is 28.7 Å². The van der Waals surface area contributed by atoms with E-state index in [1.165, 1.54) is 12.1 Å². The highest BCUT2D eigenvalue weighted by Gasteiger charge is 2.32. The van der Waals surface area contributed by atoms with Crippen LogP contribution in [-0.4, -0.2) is 19.2 Å². The molecule has 1 unspecified atom stereocenters. The molecular weight excluding hydrogens is 551 g/mol. The van der Waals surface area contributed by atoms with Crippen molar-refractivity contribution in [1.82, 2.24) is 0 Å². The standard InChI is InChI=1S/C34H29FN2O6/c1-3-39-31-16-23(10-15-29(31)40-19-22-8-11-24(35)12-9-22)33-26-14-13-25(17-30(26)43-34(37)27(33)18-36)42-32(38)20-41-28-7-5-4-6-21(28)2/h4-17,33H,3,19-20,37H2,1-2H3. The Hall–Kier alpha value is -5.49. The van der Waals surface area contributed by atoms with Crippen LogP contribution in [0.4, 0.5) is 4.39 Å². The summed E-state index contributed by atoms with van der Waals surface area (Å²) < 4.78 is 42.0. The molecule has 0 saturated carbocycles. The molecule has 218 valence electrons. The highest BCUT2D eigenvalue weighted by atomic mass is 19.1. The summed E-state index contributed by atoms with van der Waals surface area (Å²) in [7, 11) is 0. The number of nitrogens with two attached hydrogens (primary N) is 1. The summed E-state index contributed by atoms with van der Waals surface area (Å²) in [4.78, 5) is 12.5. The molecule has 0 saturated heterocycles. The largest absolute Gasteiger partial charge is 0.490 e. The van der Waals surface area contributed by atoms with Crippen molar-refractivity contribution in [2.45, 2.75) is 26.4 Å². The first-order valence-corrected chi connectivity index (χ1v) is 13.6. The number of halogens is 1. The Kier molecular flexibility index (Phi) is 8.77. The fourth-order valence-electron chi connectivity index (χ4n) is 4.69. The predicted molar refractivity (Wildman–Crippen MR) is 156 cm³/mol. The summed E-state index contributed by atoms with van der Waals surface area (Å²) in [6.07, 6.45) is 0. The molecule has 0 radical (unpaired) electrons. The van der Waals surface area contributed by atoms with Crippen molar-refractivity contribution < 1.29 is 32.9 Å². The first kappa shape index (κ1) is 29.0. The third kappa shape index (κ3) is 6.71. The van der Waals surface area contributed by atoms with E-state index < -0.39 is 11.9 Å². The number of nitrogens with zero attached hydrogens (tertiary/aromatic N) is 1. The Morgan fingerprint density at radius 3 is 2.49 bits per heavy atom. The molecule has 0 bridgehead atoms. The van der Waals surface area contributed by atoms with Crippen LogP contribution < -0.4 is 29.4 Å². The van der Waals surface area contributed by atoms with E-state index in [1.807, 2.05) is 38.1 Å². The number of carbonyl (C=O) groups is 1. The molecule has 0 spiro atoms. The molecule has 1 heterocycles. The van der Waals surface area contributed by atoms with Gasteiger partial charge < -0.3 is 29.4 Å². The number of benzene rings is 4. The maximum absolute atomic E-state index is 13.3. The summed E-state index contributed by atoms with van der Waals surface area (Å²) in [5.74, 6) is 0.612. The van der Waals surface area contributed by atoms with E-state index in [9.17, 15) is 14.4 Å². The zero-order valence-electron chi connectivity index (χ0n) is 23.6. The number of esters is 1. The van der Waals surface area contributed by atoms with Crippen molar-refractivity contribution in [2.24, 2.45) is 5.73 Å². The molecule has 4 aromatic carbocycles. The lowest BCUT2D eigenvalue weighted by atomic mass is 9.83. The molecule has 0 aliphatic carbocycles. The Morgan fingerprint density at radius 1 is 0.953 bits per heavy atom. The number of hydrogen-bond donors (Lipinski definition) is 1. The Labute approximate surface area is 248 Å². The number of aryl methyl sites for hydroxylation is 1. The maximum Gasteiger partial charge on any atom is 0.349 e. The molecule has 1 aliphatic rings. The molecule has 8 nitrogen and oxygen atoms in total. The lowest BCUT2D eigenvalue weighted by molar-refractivity contribution is -0.136. The van der Waals surface area contributed by atoms with Crippen LogP contribution in [-0.2, 0) is 11.4 Å². The number of nitriles is 1. The minimum atomic E-state index is -0.589. The van der Waals surface area contributed by atoms with Crippen molar-refractivity contribution in [1.29, 1.82) is 5.26 Å². The molecule has 4 aromatic rings. The van der Waals surface area contributed by atoms with E-state index >= 15 is 0 Å². The molecule has 1 atom stereocenters. The average molecular weight is 581 g/mol. The van der Waals surface area contributed by atoms with Crippen LogP contribution in [0.2, 0.25) is 0 Å². The fraction of sp³-hybridized carbons (Fsp3) is 0.176. The van der Waals surface area contributed by atoms with Gasteiger partial charge in [0.2, 0.25) is 5.88 Å². The van der Waals surface area contributed by atoms with Crippen LogP contribution >= 0.6 is 0 Å². The third-order valence-corrected chi connectivity index (χ3v) is 6.77. The molecule has 0 fully saturated rings. The lowest BCUT2D eigenvalue weighted by Gasteiger charge is -2.27. The molecular formula is C34H29FN2O6. The van der Waals surface area contributed by atoms with Gasteiger partial charge in [-0.1, -0.05) is 42.5 Å². The second-order valence-corrected chi connectivity index (χ2v) is 9.71. The Balaban J connectivity index is 1.37. The van der Waals surface area contributed by atoms with Crippen LogP contribution in [0.15, 0.2) is 96.4 Å². The fourth-order valence-corrected chi connectivity index (χ4v) is 4.69. The van der Waals surface area contributed by atoms with Crippen molar-refractivity contribution in [2.75, 3.05) is 13.2 Å². The minimum absolute atomic E-state index is 0.0547. The lowest BCUT2D eigenvalue weighted by Crippen LogP contribution is -2.22. The molecule has 0 aromatic heterocycles. The number of allylic oxidation sites excluding steroid dienone is 1. The summed E-state index contributed by atoms with van der Waals surface area (Å²) in [5.41, 5.74) is 9.49. The number of para-hydroxylation sites is 1. The van der Waals surface area contributed by atoms with Crippen LogP contribution in [0.1, 0.15) is 35.1 Å². The molecule has 2 N–H and O–H groups in total. The topological polar surface area (TPSA) is 113 Å². The van der Waals surface area contributed by atoms with E-state index in [4.69, 9.17) is 29.4 Å². The number of rotatable bonds is 10. The molecule has 9 heteroatoms. The van der Waals surface area contributed by atoms with Crippen molar-refractivity contribution in [3.8, 4) is 34.8 Å². The zero-order valence-corrected chi connectivity index (χ0v) is 23.6. The van der Waals surface area contributed by atoms with Crippen molar-refractivity contribution >= 4 is 5.97 Å². The van der Waals surface area contributed by atoms with Crippen LogP contribution in [0.3, 0.4) is 0 Å². The van der Waals surface area contributed by atoms with Gasteiger partial charge in [-0.15, -0.1) is 0 Å². The van der Waals surface area contributed by atoms with E-state index in [0.29, 0.717) is 35.2 Å². The van der Waals surface area contributed by atoms with Crippen molar-refractivity contribution in [3.63, 3.8) is 0 Å². The Morgan fingerprint density at radius 2 is 1.74 bits per heavy atom. The third-order valence-electron chi connectivity index (χ3n) is 6.77. The second kappa shape index (κ2) is 13.0. The SMILES string of the molecule is CCOc1cc(C2C(C#N)=C(N)Oc3cc(OC(=O)COc4ccccc4C)ccc32)ccc1OCc1ccc(F)cc1. The van der Waals surface area contributed by atoms with Crippen LogP contribution in [0, 0.1) is 24.1 Å². The first-order valence-electron chi connectivity index (χ1n) is 13.6. The van der Waals surface area contributed by atoms with Gasteiger partial charge in [-0.2, -0.15) is 5.26 Å². The van der Waals surface area contributed by atoms with Gasteiger partial charge in [0.15, 0.2) is 18.1 Å². The highest BCUT2D eigenvalue weighted by molar-refractivity contribution is 5.74. The van der Waals surface area contributed by atoms with E-state index in [2.05, 4.69) is 6.07 Å². The van der Waals surface area contributed by atoms with Crippen molar-refractivity contribution in [3.05, 3.63) is 124 Å². The number of hydrogen-bond acceptors (Lipinski definition) is 8. The maximum atomic E-state index is 13.3. The minimum Gasteiger partial charge on any atom is -0.490 e. The van der Waals surface area contributed by atoms with E-state index in [0.717, 1.165) is 16.7 Å². The van der Waals surface area contributed by atoms with Gasteiger partial charge in [-0.05, 0) is 66.9 Å². The summed E-state index contributed by atoms with van der Waals surface area (Å²) >= 11 is 0. The normalized spacial score (nSPS) is 13.8. The highest BCUT2D eigenvalue weighted by Crippen LogP contribution is 2.45. The van der Waals surface area contributed by atoms with Gasteiger partial charge in [0.25, 0.3) is 0 Å². The first-order chi connectivity index (χ1) is 20.9. The van der Waals surface area contributed by atoms with Gasteiger partial charge in [-0.3, -0.25) is 0 Å².